The number of halogens is 2. The summed E-state index contributed by atoms with van der Waals surface area (Å²) in [7, 11) is 0. The summed E-state index contributed by atoms with van der Waals surface area (Å²) in [6.45, 7) is 2.08. The lowest BCUT2D eigenvalue weighted by molar-refractivity contribution is 0.0544. The summed E-state index contributed by atoms with van der Waals surface area (Å²) in [6.07, 6.45) is 3.31. The number of hydrogen-bond donors (Lipinski definition) is 1. The van der Waals surface area contributed by atoms with Crippen molar-refractivity contribution >= 4 is 29.0 Å². The normalized spacial score (nSPS) is 16.4. The maximum atomic E-state index is 8.86. The number of nitrogens with one attached hydrogen (secondary N) is 1. The van der Waals surface area contributed by atoms with Gasteiger partial charge in [-0.15, -0.1) is 0 Å². The van der Waals surface area contributed by atoms with Gasteiger partial charge in [0.2, 0.25) is 0 Å². The Balaban J connectivity index is 1.84. The first-order chi connectivity index (χ1) is 11.6. The van der Waals surface area contributed by atoms with Gasteiger partial charge in [-0.2, -0.15) is 5.26 Å². The zero-order valence-electron chi connectivity index (χ0n) is 13.1. The topological polar surface area (TPSA) is 57.9 Å². The fraction of sp³-hybridized carbons (Fsp3) is 0.333. The van der Waals surface area contributed by atoms with E-state index in [-0.39, 0.29) is 5.41 Å². The van der Waals surface area contributed by atoms with Gasteiger partial charge in [0.05, 0.1) is 5.56 Å². The highest BCUT2D eigenvalue weighted by Crippen LogP contribution is 2.39. The van der Waals surface area contributed by atoms with Crippen molar-refractivity contribution in [2.24, 2.45) is 0 Å². The maximum absolute atomic E-state index is 8.86. The minimum Gasteiger partial charge on any atom is -0.381 e. The lowest BCUT2D eigenvalue weighted by atomic mass is 9.74. The third kappa shape index (κ3) is 3.64. The second-order valence-corrected chi connectivity index (χ2v) is 6.76. The van der Waals surface area contributed by atoms with Gasteiger partial charge in [0.25, 0.3) is 0 Å². The van der Waals surface area contributed by atoms with Crippen LogP contribution in [0.3, 0.4) is 0 Å². The van der Waals surface area contributed by atoms with Crippen LogP contribution in [0.2, 0.25) is 10.0 Å². The van der Waals surface area contributed by atoms with E-state index in [0.29, 0.717) is 35.4 Å². The van der Waals surface area contributed by atoms with Crippen LogP contribution >= 0.6 is 23.2 Å². The molecule has 0 saturated carbocycles. The lowest BCUT2D eigenvalue weighted by Gasteiger charge is -2.38. The third-order valence-corrected chi connectivity index (χ3v) is 5.00. The van der Waals surface area contributed by atoms with Crippen LogP contribution in [0.5, 0.6) is 0 Å². The molecule has 0 aliphatic carbocycles. The van der Waals surface area contributed by atoms with Gasteiger partial charge in [-0.1, -0.05) is 29.3 Å². The molecule has 0 radical (unpaired) electrons. The van der Waals surface area contributed by atoms with Gasteiger partial charge >= 0.3 is 0 Å². The summed E-state index contributed by atoms with van der Waals surface area (Å²) < 4.78 is 5.54. The van der Waals surface area contributed by atoms with Gasteiger partial charge in [-0.3, -0.25) is 0 Å². The van der Waals surface area contributed by atoms with Gasteiger partial charge in [0.15, 0.2) is 0 Å². The van der Waals surface area contributed by atoms with Crippen molar-refractivity contribution in [2.75, 3.05) is 25.1 Å². The maximum Gasteiger partial charge on any atom is 0.125 e. The lowest BCUT2D eigenvalue weighted by Crippen LogP contribution is -2.40. The van der Waals surface area contributed by atoms with Crippen LogP contribution in [0.15, 0.2) is 36.5 Å². The summed E-state index contributed by atoms with van der Waals surface area (Å²) in [5.41, 5.74) is 1.50. The zero-order valence-corrected chi connectivity index (χ0v) is 14.6. The Morgan fingerprint density at radius 3 is 2.62 bits per heavy atom. The van der Waals surface area contributed by atoms with E-state index in [9.17, 15) is 0 Å². The van der Waals surface area contributed by atoms with E-state index in [1.807, 2.05) is 18.2 Å². The molecule has 124 valence electrons. The van der Waals surface area contributed by atoms with E-state index in [0.717, 1.165) is 24.2 Å². The molecule has 24 heavy (non-hydrogen) atoms. The molecule has 0 spiro atoms. The number of ether oxygens (including phenoxy) is 1. The summed E-state index contributed by atoms with van der Waals surface area (Å²) in [6, 6.07) is 11.3. The SMILES string of the molecule is N#Cc1ccc(NCC2(c3ccc(Cl)cc3Cl)CCOCC2)nc1. The summed E-state index contributed by atoms with van der Waals surface area (Å²) in [5, 5.41) is 13.5. The van der Waals surface area contributed by atoms with Crippen LogP contribution < -0.4 is 5.32 Å². The molecule has 1 saturated heterocycles. The van der Waals surface area contributed by atoms with Gasteiger partial charge < -0.3 is 10.1 Å². The molecule has 3 rings (SSSR count). The van der Waals surface area contributed by atoms with Crippen LogP contribution in [0, 0.1) is 11.3 Å². The molecule has 0 bridgehead atoms. The van der Waals surface area contributed by atoms with Crippen molar-refractivity contribution in [1.82, 2.24) is 4.98 Å². The Morgan fingerprint density at radius 1 is 1.21 bits per heavy atom. The average Bonchev–Trinajstić information content (AvgIpc) is 2.61. The molecular formula is C18H17Cl2N3O. The Hall–Kier alpha value is -1.80. The van der Waals surface area contributed by atoms with Crippen LogP contribution in [0.25, 0.3) is 0 Å². The first-order valence-corrected chi connectivity index (χ1v) is 8.52. The molecular weight excluding hydrogens is 345 g/mol. The number of rotatable bonds is 4. The molecule has 4 nitrogen and oxygen atoms in total. The highest BCUT2D eigenvalue weighted by Gasteiger charge is 2.36. The molecule has 1 aromatic heterocycles. The molecule has 2 heterocycles. The van der Waals surface area contributed by atoms with Crippen LogP contribution in [0.4, 0.5) is 5.82 Å². The Bertz CT molecular complexity index is 750. The number of hydrogen-bond acceptors (Lipinski definition) is 4. The molecule has 0 unspecified atom stereocenters. The van der Waals surface area contributed by atoms with E-state index in [1.54, 1.807) is 18.3 Å². The van der Waals surface area contributed by atoms with Crippen molar-refractivity contribution in [2.45, 2.75) is 18.3 Å². The third-order valence-electron chi connectivity index (χ3n) is 4.45. The standard InChI is InChI=1S/C18H17Cl2N3O/c19-14-2-3-15(16(20)9-14)18(5-7-24-8-6-18)12-23-17-4-1-13(10-21)11-22-17/h1-4,9,11H,5-8,12H2,(H,22,23). The molecule has 1 N–H and O–H groups in total. The van der Waals surface area contributed by atoms with Gasteiger partial charge in [0, 0.05) is 41.4 Å². The summed E-state index contributed by atoms with van der Waals surface area (Å²) in [5.74, 6) is 0.741. The molecule has 2 aromatic rings. The molecule has 0 atom stereocenters. The fourth-order valence-corrected chi connectivity index (χ4v) is 3.66. The molecule has 6 heteroatoms. The van der Waals surface area contributed by atoms with Crippen molar-refractivity contribution in [3.8, 4) is 6.07 Å². The van der Waals surface area contributed by atoms with E-state index >= 15 is 0 Å². The van der Waals surface area contributed by atoms with E-state index in [4.69, 9.17) is 33.2 Å². The second-order valence-electron chi connectivity index (χ2n) is 5.91. The summed E-state index contributed by atoms with van der Waals surface area (Å²) >= 11 is 12.5. The van der Waals surface area contributed by atoms with Crippen LogP contribution in [-0.4, -0.2) is 24.7 Å². The number of aromatic nitrogens is 1. The number of anilines is 1. The van der Waals surface area contributed by atoms with E-state index in [2.05, 4.69) is 16.4 Å². The highest BCUT2D eigenvalue weighted by atomic mass is 35.5. The highest BCUT2D eigenvalue weighted by molar-refractivity contribution is 6.35. The smallest absolute Gasteiger partial charge is 0.125 e. The Labute approximate surface area is 151 Å². The quantitative estimate of drug-likeness (QED) is 0.875. The minimum atomic E-state index is -0.129. The van der Waals surface area contributed by atoms with Gasteiger partial charge in [-0.25, -0.2) is 4.98 Å². The number of nitrogens with zero attached hydrogens (tertiary/aromatic N) is 2. The average molecular weight is 362 g/mol. The zero-order chi connectivity index (χ0) is 17.0. The second kappa shape index (κ2) is 7.40. The fourth-order valence-electron chi connectivity index (χ4n) is 3.05. The predicted molar refractivity (Wildman–Crippen MR) is 95.6 cm³/mol. The predicted octanol–water partition coefficient (Wildman–Crippen LogP) is 4.42. The summed E-state index contributed by atoms with van der Waals surface area (Å²) in [4.78, 5) is 4.28. The van der Waals surface area contributed by atoms with Crippen LogP contribution in [0.1, 0.15) is 24.0 Å². The Kier molecular flexibility index (Phi) is 5.25. The van der Waals surface area contributed by atoms with Crippen molar-refractivity contribution in [3.63, 3.8) is 0 Å². The molecule has 1 aliphatic rings. The van der Waals surface area contributed by atoms with E-state index < -0.39 is 0 Å². The van der Waals surface area contributed by atoms with Gasteiger partial charge in [0.1, 0.15) is 11.9 Å². The number of pyridine rings is 1. The van der Waals surface area contributed by atoms with Crippen molar-refractivity contribution in [1.29, 1.82) is 5.26 Å². The molecule has 1 fully saturated rings. The molecule has 1 aliphatic heterocycles. The largest absolute Gasteiger partial charge is 0.381 e. The first kappa shape index (κ1) is 17.0. The monoisotopic (exact) mass is 361 g/mol. The molecule has 1 aromatic carbocycles. The Morgan fingerprint density at radius 2 is 2.00 bits per heavy atom. The number of benzene rings is 1. The van der Waals surface area contributed by atoms with Crippen molar-refractivity contribution in [3.05, 3.63) is 57.7 Å². The van der Waals surface area contributed by atoms with E-state index in [1.165, 1.54) is 0 Å². The van der Waals surface area contributed by atoms with Crippen LogP contribution in [-0.2, 0) is 10.2 Å². The minimum absolute atomic E-state index is 0.129. The van der Waals surface area contributed by atoms with Crippen molar-refractivity contribution < 1.29 is 4.74 Å². The number of nitriles is 1. The first-order valence-electron chi connectivity index (χ1n) is 7.76. The van der Waals surface area contributed by atoms with Gasteiger partial charge in [-0.05, 0) is 42.7 Å². The molecule has 0 amide bonds.